The van der Waals surface area contributed by atoms with Crippen LogP contribution in [0, 0.1) is 0 Å². The molecule has 1 atom stereocenters. The molecule has 0 heterocycles. The summed E-state index contributed by atoms with van der Waals surface area (Å²) >= 11 is 5.90. The van der Waals surface area contributed by atoms with Crippen LogP contribution in [-0.4, -0.2) is 20.3 Å². The molecule has 0 saturated carbocycles. The summed E-state index contributed by atoms with van der Waals surface area (Å²) in [5.74, 6) is 0. The zero-order chi connectivity index (χ0) is 10.4. The smallest absolute Gasteiger partial charge is 0.0587 e. The molecule has 0 aliphatic heterocycles. The molecule has 0 aromatic heterocycles. The van der Waals surface area contributed by atoms with Gasteiger partial charge in [-0.05, 0) is 24.6 Å². The Kier molecular flexibility index (Phi) is 4.94. The number of hydrogen-bond acceptors (Lipinski definition) is 2. The van der Waals surface area contributed by atoms with Gasteiger partial charge in [0.1, 0.15) is 0 Å². The van der Waals surface area contributed by atoms with E-state index >= 15 is 0 Å². The third-order valence-electron chi connectivity index (χ3n) is 2.11. The minimum atomic E-state index is 0.309. The molecule has 0 aliphatic rings. The Hall–Kier alpha value is -0.570. The number of methoxy groups -OCH3 is 1. The van der Waals surface area contributed by atoms with Gasteiger partial charge in [-0.1, -0.05) is 23.7 Å². The van der Waals surface area contributed by atoms with Crippen molar-refractivity contribution >= 4 is 11.6 Å². The first-order chi connectivity index (χ1) is 6.74. The van der Waals surface area contributed by atoms with Crippen LogP contribution in [0.5, 0.6) is 0 Å². The van der Waals surface area contributed by atoms with Crippen LogP contribution in [0.15, 0.2) is 24.3 Å². The number of hydrogen-bond donors (Lipinski definition) is 1. The summed E-state index contributed by atoms with van der Waals surface area (Å²) in [5.41, 5.74) is 1.20. The Morgan fingerprint density at radius 3 is 2.93 bits per heavy atom. The van der Waals surface area contributed by atoms with Gasteiger partial charge in [0.15, 0.2) is 0 Å². The Morgan fingerprint density at radius 2 is 2.29 bits per heavy atom. The van der Waals surface area contributed by atoms with Gasteiger partial charge in [0.25, 0.3) is 0 Å². The zero-order valence-electron chi connectivity index (χ0n) is 8.59. The van der Waals surface area contributed by atoms with Gasteiger partial charge in [0.2, 0.25) is 0 Å². The fourth-order valence-corrected chi connectivity index (χ4v) is 1.47. The topological polar surface area (TPSA) is 21.3 Å². The van der Waals surface area contributed by atoms with E-state index in [2.05, 4.69) is 18.3 Å². The van der Waals surface area contributed by atoms with Gasteiger partial charge in [-0.25, -0.2) is 0 Å². The van der Waals surface area contributed by atoms with E-state index in [-0.39, 0.29) is 0 Å². The summed E-state index contributed by atoms with van der Waals surface area (Å²) in [6.07, 6.45) is 0. The lowest BCUT2D eigenvalue weighted by molar-refractivity contribution is 0.196. The van der Waals surface area contributed by atoms with Crippen LogP contribution in [-0.2, 0) is 4.74 Å². The van der Waals surface area contributed by atoms with E-state index in [1.807, 2.05) is 18.2 Å². The lowest BCUT2D eigenvalue weighted by Crippen LogP contribution is -2.22. The summed E-state index contributed by atoms with van der Waals surface area (Å²) in [4.78, 5) is 0. The molecule has 0 bridgehead atoms. The largest absolute Gasteiger partial charge is 0.383 e. The number of halogens is 1. The van der Waals surface area contributed by atoms with Gasteiger partial charge in [-0.3, -0.25) is 0 Å². The second-order valence-electron chi connectivity index (χ2n) is 3.22. The molecule has 0 radical (unpaired) electrons. The average Bonchev–Trinajstić information content (AvgIpc) is 2.18. The molecule has 0 spiro atoms. The van der Waals surface area contributed by atoms with Crippen molar-refractivity contribution in [1.29, 1.82) is 0 Å². The molecule has 0 unspecified atom stereocenters. The van der Waals surface area contributed by atoms with Crippen molar-refractivity contribution in [3.63, 3.8) is 0 Å². The van der Waals surface area contributed by atoms with Crippen molar-refractivity contribution in [2.24, 2.45) is 0 Å². The molecule has 2 nitrogen and oxygen atoms in total. The highest BCUT2D eigenvalue weighted by atomic mass is 35.5. The first-order valence-electron chi connectivity index (χ1n) is 4.72. The van der Waals surface area contributed by atoms with Crippen LogP contribution in [0.3, 0.4) is 0 Å². The molecule has 1 aromatic rings. The van der Waals surface area contributed by atoms with Crippen molar-refractivity contribution in [3.8, 4) is 0 Å². The van der Waals surface area contributed by atoms with Gasteiger partial charge >= 0.3 is 0 Å². The monoisotopic (exact) mass is 213 g/mol. The molecule has 14 heavy (non-hydrogen) atoms. The molecule has 0 saturated heterocycles. The Bertz CT molecular complexity index is 278. The molecule has 1 rings (SSSR count). The highest BCUT2D eigenvalue weighted by molar-refractivity contribution is 6.30. The van der Waals surface area contributed by atoms with Crippen LogP contribution in [0.4, 0.5) is 0 Å². The van der Waals surface area contributed by atoms with E-state index in [9.17, 15) is 0 Å². The van der Waals surface area contributed by atoms with Crippen LogP contribution < -0.4 is 5.32 Å². The minimum Gasteiger partial charge on any atom is -0.383 e. The number of nitrogens with one attached hydrogen (secondary N) is 1. The van der Waals surface area contributed by atoms with Crippen molar-refractivity contribution in [2.75, 3.05) is 20.3 Å². The van der Waals surface area contributed by atoms with Gasteiger partial charge in [0, 0.05) is 24.7 Å². The molecular formula is C11H16ClNO. The maximum absolute atomic E-state index is 5.90. The van der Waals surface area contributed by atoms with Crippen LogP contribution in [0.2, 0.25) is 5.02 Å². The number of ether oxygens (including phenoxy) is 1. The molecule has 1 aromatic carbocycles. The van der Waals surface area contributed by atoms with Crippen LogP contribution in [0.1, 0.15) is 18.5 Å². The summed E-state index contributed by atoms with van der Waals surface area (Å²) in [7, 11) is 1.70. The average molecular weight is 214 g/mol. The van der Waals surface area contributed by atoms with Crippen LogP contribution in [0.25, 0.3) is 0 Å². The molecule has 1 N–H and O–H groups in total. The lowest BCUT2D eigenvalue weighted by atomic mass is 10.1. The first kappa shape index (κ1) is 11.5. The summed E-state index contributed by atoms with van der Waals surface area (Å²) in [6.45, 7) is 3.69. The minimum absolute atomic E-state index is 0.309. The first-order valence-corrected chi connectivity index (χ1v) is 5.09. The van der Waals surface area contributed by atoms with Gasteiger partial charge < -0.3 is 10.1 Å². The predicted molar refractivity (Wildman–Crippen MR) is 59.7 cm³/mol. The van der Waals surface area contributed by atoms with Crippen molar-refractivity contribution in [1.82, 2.24) is 5.32 Å². The molecule has 0 aliphatic carbocycles. The summed E-state index contributed by atoms with van der Waals surface area (Å²) in [6, 6.07) is 8.20. The summed E-state index contributed by atoms with van der Waals surface area (Å²) < 4.78 is 4.96. The lowest BCUT2D eigenvalue weighted by Gasteiger charge is -2.13. The second-order valence-corrected chi connectivity index (χ2v) is 3.66. The third-order valence-corrected chi connectivity index (χ3v) is 2.34. The maximum atomic E-state index is 5.90. The Balaban J connectivity index is 2.47. The van der Waals surface area contributed by atoms with Crippen LogP contribution >= 0.6 is 11.6 Å². The highest BCUT2D eigenvalue weighted by Gasteiger charge is 2.03. The van der Waals surface area contributed by atoms with E-state index in [1.165, 1.54) is 5.56 Å². The fourth-order valence-electron chi connectivity index (χ4n) is 1.27. The summed E-state index contributed by atoms with van der Waals surface area (Å²) in [5, 5.41) is 4.12. The molecule has 0 amide bonds. The van der Waals surface area contributed by atoms with Gasteiger partial charge in [0.05, 0.1) is 6.61 Å². The maximum Gasteiger partial charge on any atom is 0.0587 e. The van der Waals surface area contributed by atoms with Gasteiger partial charge in [-0.15, -0.1) is 0 Å². The molecule has 78 valence electrons. The fraction of sp³-hybridized carbons (Fsp3) is 0.455. The Morgan fingerprint density at radius 1 is 1.50 bits per heavy atom. The van der Waals surface area contributed by atoms with E-state index < -0.39 is 0 Å². The quantitative estimate of drug-likeness (QED) is 0.760. The van der Waals surface area contributed by atoms with E-state index in [1.54, 1.807) is 7.11 Å². The van der Waals surface area contributed by atoms with E-state index in [4.69, 9.17) is 16.3 Å². The van der Waals surface area contributed by atoms with E-state index in [0.717, 1.165) is 18.2 Å². The standard InChI is InChI=1S/C11H16ClNO/c1-9(13-6-7-14-2)10-4-3-5-11(12)8-10/h3-5,8-9,13H,6-7H2,1-2H3/t9-/m0/s1. The Labute approximate surface area is 90.2 Å². The van der Waals surface area contributed by atoms with Crippen molar-refractivity contribution in [2.45, 2.75) is 13.0 Å². The SMILES string of the molecule is COCCN[C@@H](C)c1cccc(Cl)c1. The highest BCUT2D eigenvalue weighted by Crippen LogP contribution is 2.16. The van der Waals surface area contributed by atoms with Crippen molar-refractivity contribution < 1.29 is 4.74 Å². The van der Waals surface area contributed by atoms with Gasteiger partial charge in [-0.2, -0.15) is 0 Å². The third kappa shape index (κ3) is 3.66. The number of benzene rings is 1. The zero-order valence-corrected chi connectivity index (χ0v) is 9.34. The second kappa shape index (κ2) is 6.02. The molecule has 3 heteroatoms. The molecule has 0 fully saturated rings. The number of rotatable bonds is 5. The van der Waals surface area contributed by atoms with Crippen molar-refractivity contribution in [3.05, 3.63) is 34.9 Å². The normalized spacial score (nSPS) is 12.8. The molecular weight excluding hydrogens is 198 g/mol. The van der Waals surface area contributed by atoms with E-state index in [0.29, 0.717) is 6.04 Å². The predicted octanol–water partition coefficient (Wildman–Crippen LogP) is 2.64.